The predicted octanol–water partition coefficient (Wildman–Crippen LogP) is 4.45. The van der Waals surface area contributed by atoms with Crippen LogP contribution in [-0.2, 0) is 9.53 Å². The minimum absolute atomic E-state index is 0.111. The monoisotopic (exact) mass is 394 g/mol. The summed E-state index contributed by atoms with van der Waals surface area (Å²) in [7, 11) is 4.12. The highest BCUT2D eigenvalue weighted by Gasteiger charge is 2.43. The molecule has 1 heterocycles. The summed E-state index contributed by atoms with van der Waals surface area (Å²) in [5, 5.41) is 3.52. The molecule has 0 aliphatic carbocycles. The number of carbonyl (C=O) groups excluding carboxylic acids is 1. The van der Waals surface area contributed by atoms with Crippen molar-refractivity contribution in [1.82, 2.24) is 5.32 Å². The highest BCUT2D eigenvalue weighted by atomic mass is 16.5. The molecule has 2 aromatic carbocycles. The maximum atomic E-state index is 12.6. The molecule has 0 aromatic heterocycles. The van der Waals surface area contributed by atoms with Gasteiger partial charge in [0.25, 0.3) is 0 Å². The minimum Gasteiger partial charge on any atom is -0.466 e. The highest BCUT2D eigenvalue weighted by molar-refractivity contribution is 5.76. The lowest BCUT2D eigenvalue weighted by Crippen LogP contribution is -2.34. The van der Waals surface area contributed by atoms with E-state index in [9.17, 15) is 4.79 Å². The summed E-state index contributed by atoms with van der Waals surface area (Å²) in [5.74, 6) is 0.420. The van der Waals surface area contributed by atoms with Crippen molar-refractivity contribution >= 4 is 11.7 Å². The van der Waals surface area contributed by atoms with Crippen LogP contribution in [0.5, 0.6) is 0 Å². The topological polar surface area (TPSA) is 51.5 Å². The summed E-state index contributed by atoms with van der Waals surface area (Å²) in [4.78, 5) is 14.7. The van der Waals surface area contributed by atoms with E-state index >= 15 is 0 Å². The smallest absolute Gasteiger partial charge is 0.311 e. The Morgan fingerprint density at radius 2 is 1.69 bits per heavy atom. The zero-order valence-electron chi connectivity index (χ0n) is 18.3. The third kappa shape index (κ3) is 5.18. The molecule has 3 atom stereocenters. The fourth-order valence-corrected chi connectivity index (χ4v) is 4.19. The Morgan fingerprint density at radius 1 is 1.10 bits per heavy atom. The zero-order valence-corrected chi connectivity index (χ0v) is 18.3. The van der Waals surface area contributed by atoms with Gasteiger partial charge in [-0.25, -0.2) is 0 Å². The number of ether oxygens (including phenoxy) is 1. The third-order valence-corrected chi connectivity index (χ3v) is 5.89. The molecule has 1 saturated heterocycles. The van der Waals surface area contributed by atoms with Crippen LogP contribution in [0.1, 0.15) is 44.2 Å². The molecule has 2 aromatic rings. The SMILES string of the molecule is CCOC(=O)C(C)(C)CC(C1CN1)C(c1ccccc1)c1ccc(N(C)C)cc1. The van der Waals surface area contributed by atoms with E-state index in [2.05, 4.69) is 78.9 Å². The summed E-state index contributed by atoms with van der Waals surface area (Å²) in [5.41, 5.74) is 3.25. The first-order chi connectivity index (χ1) is 13.8. The summed E-state index contributed by atoms with van der Waals surface area (Å²) >= 11 is 0. The maximum Gasteiger partial charge on any atom is 0.311 e. The number of nitrogens with one attached hydrogen (secondary N) is 1. The molecule has 1 fully saturated rings. The van der Waals surface area contributed by atoms with Crippen LogP contribution in [0, 0.1) is 11.3 Å². The average Bonchev–Trinajstić information content (AvgIpc) is 3.54. The van der Waals surface area contributed by atoms with E-state index in [1.165, 1.54) is 16.8 Å². The lowest BCUT2D eigenvalue weighted by molar-refractivity contribution is -0.154. The van der Waals surface area contributed by atoms with E-state index in [1.807, 2.05) is 20.8 Å². The Balaban J connectivity index is 1.98. The second-order valence-corrected chi connectivity index (χ2v) is 8.86. The second-order valence-electron chi connectivity index (χ2n) is 8.86. The lowest BCUT2D eigenvalue weighted by Gasteiger charge is -2.33. The number of nitrogens with zero attached hydrogens (tertiary/aromatic N) is 1. The Morgan fingerprint density at radius 3 is 2.21 bits per heavy atom. The number of hydrogen-bond acceptors (Lipinski definition) is 4. The van der Waals surface area contributed by atoms with E-state index in [0.29, 0.717) is 18.6 Å². The molecule has 1 aliphatic heterocycles. The van der Waals surface area contributed by atoms with Gasteiger partial charge in [-0.05, 0) is 56.4 Å². The van der Waals surface area contributed by atoms with Gasteiger partial charge in [0.2, 0.25) is 0 Å². The van der Waals surface area contributed by atoms with Crippen LogP contribution in [0.2, 0.25) is 0 Å². The molecule has 1 N–H and O–H groups in total. The van der Waals surface area contributed by atoms with Crippen molar-refractivity contribution < 1.29 is 9.53 Å². The Hall–Kier alpha value is -2.33. The third-order valence-electron chi connectivity index (χ3n) is 5.89. The average molecular weight is 395 g/mol. The molecule has 4 heteroatoms. The van der Waals surface area contributed by atoms with Gasteiger partial charge in [0.05, 0.1) is 12.0 Å². The molecule has 4 nitrogen and oxygen atoms in total. The number of anilines is 1. The number of carbonyl (C=O) groups is 1. The zero-order chi connectivity index (χ0) is 21.0. The van der Waals surface area contributed by atoms with E-state index < -0.39 is 5.41 Å². The molecule has 0 amide bonds. The van der Waals surface area contributed by atoms with Crippen LogP contribution in [-0.4, -0.2) is 39.3 Å². The van der Waals surface area contributed by atoms with Gasteiger partial charge in [-0.15, -0.1) is 0 Å². The Bertz CT molecular complexity index is 795. The predicted molar refractivity (Wildman–Crippen MR) is 119 cm³/mol. The van der Waals surface area contributed by atoms with Gasteiger partial charge in [0.1, 0.15) is 0 Å². The Kier molecular flexibility index (Phi) is 6.63. The van der Waals surface area contributed by atoms with Crippen molar-refractivity contribution in [2.75, 3.05) is 32.1 Å². The van der Waals surface area contributed by atoms with Crippen LogP contribution >= 0.6 is 0 Å². The number of hydrogen-bond donors (Lipinski definition) is 1. The van der Waals surface area contributed by atoms with Gasteiger partial charge in [-0.1, -0.05) is 42.5 Å². The van der Waals surface area contributed by atoms with Crippen molar-refractivity contribution in [3.63, 3.8) is 0 Å². The molecule has 29 heavy (non-hydrogen) atoms. The van der Waals surface area contributed by atoms with Gasteiger partial charge in [-0.2, -0.15) is 0 Å². The van der Waals surface area contributed by atoms with Crippen molar-refractivity contribution in [2.45, 2.75) is 39.2 Å². The molecule has 156 valence electrons. The van der Waals surface area contributed by atoms with Gasteiger partial charge in [-0.3, -0.25) is 4.79 Å². The quantitative estimate of drug-likeness (QED) is 0.504. The molecular weight excluding hydrogens is 360 g/mol. The van der Waals surface area contributed by atoms with E-state index in [0.717, 1.165) is 13.0 Å². The first-order valence-electron chi connectivity index (χ1n) is 10.6. The van der Waals surface area contributed by atoms with E-state index in [1.54, 1.807) is 0 Å². The first-order valence-corrected chi connectivity index (χ1v) is 10.6. The van der Waals surface area contributed by atoms with E-state index in [4.69, 9.17) is 4.74 Å². The summed E-state index contributed by atoms with van der Waals surface area (Å²) in [6.45, 7) is 7.31. The molecular formula is C25H34N2O2. The second kappa shape index (κ2) is 9.00. The molecule has 3 rings (SSSR count). The highest BCUT2D eigenvalue weighted by Crippen LogP contribution is 2.43. The molecule has 0 bridgehead atoms. The van der Waals surface area contributed by atoms with Gasteiger partial charge < -0.3 is 15.0 Å². The molecule has 0 saturated carbocycles. The summed E-state index contributed by atoms with van der Waals surface area (Å²) < 4.78 is 5.38. The Labute approximate surface area is 175 Å². The molecule has 1 aliphatic rings. The maximum absolute atomic E-state index is 12.6. The van der Waals surface area contributed by atoms with Gasteiger partial charge >= 0.3 is 5.97 Å². The fourth-order valence-electron chi connectivity index (χ4n) is 4.19. The van der Waals surface area contributed by atoms with E-state index in [-0.39, 0.29) is 11.9 Å². The first kappa shape index (κ1) is 21.4. The largest absolute Gasteiger partial charge is 0.466 e. The number of esters is 1. The van der Waals surface area contributed by atoms with Crippen molar-refractivity contribution in [3.8, 4) is 0 Å². The molecule has 0 spiro atoms. The number of rotatable bonds is 9. The summed E-state index contributed by atoms with van der Waals surface area (Å²) in [6.07, 6.45) is 0.776. The number of benzene rings is 2. The van der Waals surface area contributed by atoms with Crippen LogP contribution in [0.3, 0.4) is 0 Å². The standard InChI is InChI=1S/C25H34N2O2/c1-6-29-24(28)25(2,3)16-21(22-17-26-22)23(18-10-8-7-9-11-18)19-12-14-20(15-13-19)27(4)5/h7-15,21-23,26H,6,16-17H2,1-5H3. The van der Waals surface area contributed by atoms with Crippen LogP contribution in [0.15, 0.2) is 54.6 Å². The minimum atomic E-state index is -0.526. The van der Waals surface area contributed by atoms with Crippen molar-refractivity contribution in [2.24, 2.45) is 11.3 Å². The van der Waals surface area contributed by atoms with Crippen LogP contribution in [0.4, 0.5) is 5.69 Å². The van der Waals surface area contributed by atoms with Gasteiger partial charge in [0, 0.05) is 38.3 Å². The lowest BCUT2D eigenvalue weighted by atomic mass is 9.71. The van der Waals surface area contributed by atoms with Crippen molar-refractivity contribution in [1.29, 1.82) is 0 Å². The molecule has 3 unspecified atom stereocenters. The van der Waals surface area contributed by atoms with Crippen LogP contribution < -0.4 is 10.2 Å². The van der Waals surface area contributed by atoms with Crippen molar-refractivity contribution in [3.05, 3.63) is 65.7 Å². The van der Waals surface area contributed by atoms with Crippen LogP contribution in [0.25, 0.3) is 0 Å². The van der Waals surface area contributed by atoms with Gasteiger partial charge in [0.15, 0.2) is 0 Å². The fraction of sp³-hybridized carbons (Fsp3) is 0.480. The summed E-state index contributed by atoms with van der Waals surface area (Å²) in [6, 6.07) is 19.9. The molecule has 0 radical (unpaired) electrons. The normalized spacial score (nSPS) is 18.0.